The van der Waals surface area contributed by atoms with Gasteiger partial charge in [-0.05, 0) is 37.1 Å². The number of carbonyl (C=O) groups excluding carboxylic acids is 2. The molecular weight excluding hydrogens is 252 g/mol. The molecule has 0 aliphatic carbocycles. The Balaban J connectivity index is 2.00. The van der Waals surface area contributed by atoms with Crippen molar-refractivity contribution in [2.75, 3.05) is 32.1 Å². The summed E-state index contributed by atoms with van der Waals surface area (Å²) in [5, 5.41) is 0. The highest BCUT2D eigenvalue weighted by Crippen LogP contribution is 2.23. The molecule has 1 amide bonds. The van der Waals surface area contributed by atoms with Crippen molar-refractivity contribution in [3.05, 3.63) is 29.8 Å². The predicted octanol–water partition coefficient (Wildman–Crippen LogP) is 2.19. The molecule has 0 aromatic heterocycles. The molecule has 0 spiro atoms. The quantitative estimate of drug-likeness (QED) is 0.793. The Hall–Kier alpha value is -1.84. The minimum absolute atomic E-state index is 0.0517. The molecule has 0 unspecified atom stereocenters. The molecule has 0 N–H and O–H groups in total. The van der Waals surface area contributed by atoms with Crippen LogP contribution in [0.1, 0.15) is 30.1 Å². The summed E-state index contributed by atoms with van der Waals surface area (Å²) in [5.74, 6) is 0.362. The van der Waals surface area contributed by atoms with E-state index >= 15 is 0 Å². The molecule has 1 aliphatic heterocycles. The van der Waals surface area contributed by atoms with Gasteiger partial charge >= 0.3 is 0 Å². The van der Waals surface area contributed by atoms with Crippen molar-refractivity contribution in [2.24, 2.45) is 5.92 Å². The zero-order valence-corrected chi connectivity index (χ0v) is 12.4. The van der Waals surface area contributed by atoms with Crippen LogP contribution in [-0.4, -0.2) is 43.8 Å². The Kier molecular flexibility index (Phi) is 4.42. The first-order valence-corrected chi connectivity index (χ1v) is 7.06. The van der Waals surface area contributed by atoms with Crippen LogP contribution in [0, 0.1) is 5.92 Å². The van der Waals surface area contributed by atoms with Crippen molar-refractivity contribution in [3.8, 4) is 0 Å². The molecule has 4 heteroatoms. The van der Waals surface area contributed by atoms with Gasteiger partial charge in [0.25, 0.3) is 0 Å². The minimum atomic E-state index is 0.0517. The van der Waals surface area contributed by atoms with Crippen molar-refractivity contribution in [3.63, 3.8) is 0 Å². The Bertz CT molecular complexity index is 486. The minimum Gasteiger partial charge on any atom is -0.378 e. The Morgan fingerprint density at radius 3 is 2.10 bits per heavy atom. The molecule has 108 valence electrons. The van der Waals surface area contributed by atoms with Gasteiger partial charge in [-0.2, -0.15) is 0 Å². The van der Waals surface area contributed by atoms with Crippen LogP contribution in [0.5, 0.6) is 0 Å². The Morgan fingerprint density at radius 2 is 1.65 bits per heavy atom. The van der Waals surface area contributed by atoms with Crippen LogP contribution >= 0.6 is 0 Å². The van der Waals surface area contributed by atoms with Gasteiger partial charge in [0.1, 0.15) is 0 Å². The summed E-state index contributed by atoms with van der Waals surface area (Å²) >= 11 is 0. The van der Waals surface area contributed by atoms with Crippen molar-refractivity contribution in [1.82, 2.24) is 4.90 Å². The molecule has 1 aromatic rings. The standard InChI is InChI=1S/C16H22N2O2/c1-12(19)18-10-8-14(9-11-18)16(20)13-4-6-15(7-5-13)17(2)3/h4-7,14H,8-11H2,1-3H3. The molecule has 2 rings (SSSR count). The normalized spacial score (nSPS) is 16.1. The molecular formula is C16H22N2O2. The third kappa shape index (κ3) is 3.18. The van der Waals surface area contributed by atoms with Gasteiger partial charge in [-0.1, -0.05) is 0 Å². The number of likely N-dealkylation sites (tertiary alicyclic amines) is 1. The second kappa shape index (κ2) is 6.07. The van der Waals surface area contributed by atoms with Gasteiger partial charge in [0.05, 0.1) is 0 Å². The average Bonchev–Trinajstić information content (AvgIpc) is 2.46. The molecule has 0 saturated carbocycles. The summed E-state index contributed by atoms with van der Waals surface area (Å²) in [5.41, 5.74) is 1.87. The van der Waals surface area contributed by atoms with Crippen LogP contribution in [0.4, 0.5) is 5.69 Å². The van der Waals surface area contributed by atoms with Crippen LogP contribution in [0.15, 0.2) is 24.3 Å². The van der Waals surface area contributed by atoms with Gasteiger partial charge in [0.2, 0.25) is 5.91 Å². The lowest BCUT2D eigenvalue weighted by Crippen LogP contribution is -2.39. The summed E-state index contributed by atoms with van der Waals surface area (Å²) in [6.45, 7) is 2.98. The van der Waals surface area contributed by atoms with Gasteiger partial charge in [0.15, 0.2) is 5.78 Å². The second-order valence-corrected chi connectivity index (χ2v) is 5.59. The van der Waals surface area contributed by atoms with Crippen molar-refractivity contribution >= 4 is 17.4 Å². The molecule has 1 aliphatic rings. The van der Waals surface area contributed by atoms with Crippen LogP contribution in [-0.2, 0) is 4.79 Å². The summed E-state index contributed by atoms with van der Waals surface area (Å²) in [6, 6.07) is 7.74. The number of piperidine rings is 1. The SMILES string of the molecule is CC(=O)N1CCC(C(=O)c2ccc(N(C)C)cc2)CC1. The van der Waals surface area contributed by atoms with Crippen LogP contribution in [0.2, 0.25) is 0 Å². The third-order valence-electron chi connectivity index (χ3n) is 3.98. The maximum atomic E-state index is 12.4. The fourth-order valence-electron chi connectivity index (χ4n) is 2.62. The Labute approximate surface area is 120 Å². The number of amides is 1. The maximum absolute atomic E-state index is 12.4. The lowest BCUT2D eigenvalue weighted by Gasteiger charge is -2.30. The highest BCUT2D eigenvalue weighted by atomic mass is 16.2. The van der Waals surface area contributed by atoms with Crippen molar-refractivity contribution in [2.45, 2.75) is 19.8 Å². The predicted molar refractivity (Wildman–Crippen MR) is 80.1 cm³/mol. The van der Waals surface area contributed by atoms with Crippen LogP contribution < -0.4 is 4.90 Å². The van der Waals surface area contributed by atoms with Gasteiger partial charge in [0, 0.05) is 51.3 Å². The van der Waals surface area contributed by atoms with Crippen molar-refractivity contribution in [1.29, 1.82) is 0 Å². The van der Waals surface area contributed by atoms with Gasteiger partial charge in [-0.25, -0.2) is 0 Å². The first-order valence-electron chi connectivity index (χ1n) is 7.06. The third-order valence-corrected chi connectivity index (χ3v) is 3.98. The summed E-state index contributed by atoms with van der Waals surface area (Å²) in [4.78, 5) is 27.6. The average molecular weight is 274 g/mol. The number of anilines is 1. The van der Waals surface area contributed by atoms with E-state index in [0.29, 0.717) is 13.1 Å². The van der Waals surface area contributed by atoms with Crippen LogP contribution in [0.3, 0.4) is 0 Å². The van der Waals surface area contributed by atoms with E-state index < -0.39 is 0 Å². The first kappa shape index (κ1) is 14.6. The number of benzene rings is 1. The summed E-state index contributed by atoms with van der Waals surface area (Å²) < 4.78 is 0. The number of nitrogens with zero attached hydrogens (tertiary/aromatic N) is 2. The highest BCUT2D eigenvalue weighted by Gasteiger charge is 2.26. The lowest BCUT2D eigenvalue weighted by atomic mass is 9.89. The van der Waals surface area contributed by atoms with E-state index in [1.807, 2.05) is 48.2 Å². The van der Waals surface area contributed by atoms with Gasteiger partial charge in [-0.15, -0.1) is 0 Å². The van der Waals surface area contributed by atoms with Gasteiger partial charge < -0.3 is 9.80 Å². The molecule has 4 nitrogen and oxygen atoms in total. The molecule has 20 heavy (non-hydrogen) atoms. The van der Waals surface area contributed by atoms with Crippen LogP contribution in [0.25, 0.3) is 0 Å². The smallest absolute Gasteiger partial charge is 0.219 e. The fraction of sp³-hybridized carbons (Fsp3) is 0.500. The zero-order chi connectivity index (χ0) is 14.7. The van der Waals surface area contributed by atoms with E-state index in [1.165, 1.54) is 0 Å². The maximum Gasteiger partial charge on any atom is 0.219 e. The molecule has 1 saturated heterocycles. The number of carbonyl (C=O) groups is 2. The number of Topliss-reactive ketones (excluding diaryl/α,β-unsaturated/α-hetero) is 1. The molecule has 1 fully saturated rings. The number of ketones is 1. The Morgan fingerprint density at radius 1 is 1.10 bits per heavy atom. The zero-order valence-electron chi connectivity index (χ0n) is 12.4. The number of rotatable bonds is 3. The van der Waals surface area contributed by atoms with E-state index in [9.17, 15) is 9.59 Å². The van der Waals surface area contributed by atoms with E-state index in [4.69, 9.17) is 0 Å². The summed E-state index contributed by atoms with van der Waals surface area (Å²) in [6.07, 6.45) is 1.54. The van der Waals surface area contributed by atoms with E-state index in [-0.39, 0.29) is 17.6 Å². The lowest BCUT2D eigenvalue weighted by molar-refractivity contribution is -0.130. The largest absolute Gasteiger partial charge is 0.378 e. The summed E-state index contributed by atoms with van der Waals surface area (Å²) in [7, 11) is 3.96. The molecule has 0 atom stereocenters. The number of hydrogen-bond acceptors (Lipinski definition) is 3. The second-order valence-electron chi connectivity index (χ2n) is 5.59. The fourth-order valence-corrected chi connectivity index (χ4v) is 2.62. The number of hydrogen-bond donors (Lipinski definition) is 0. The monoisotopic (exact) mass is 274 g/mol. The topological polar surface area (TPSA) is 40.6 Å². The molecule has 1 heterocycles. The molecule has 1 aromatic carbocycles. The highest BCUT2D eigenvalue weighted by molar-refractivity contribution is 5.98. The van der Waals surface area contributed by atoms with Crippen molar-refractivity contribution < 1.29 is 9.59 Å². The molecule has 0 bridgehead atoms. The van der Waals surface area contributed by atoms with E-state index in [2.05, 4.69) is 0 Å². The van der Waals surface area contributed by atoms with Gasteiger partial charge in [-0.3, -0.25) is 9.59 Å². The van der Waals surface area contributed by atoms with E-state index in [0.717, 1.165) is 24.1 Å². The molecule has 0 radical (unpaired) electrons. The first-order chi connectivity index (χ1) is 9.49. The van der Waals surface area contributed by atoms with E-state index in [1.54, 1.807) is 6.92 Å².